The molecule has 2 N–H and O–H groups in total. The summed E-state index contributed by atoms with van der Waals surface area (Å²) in [6.45, 7) is 14.7. The van der Waals surface area contributed by atoms with E-state index in [1.807, 2.05) is 39.9 Å². The molecule has 0 radical (unpaired) electrons. The van der Waals surface area contributed by atoms with Gasteiger partial charge >= 0.3 is 18.0 Å². The Morgan fingerprint density at radius 2 is 1.53 bits per heavy atom. The number of aliphatic carboxylic acids is 2. The molecule has 0 saturated heterocycles. The summed E-state index contributed by atoms with van der Waals surface area (Å²) >= 11 is 0. The Kier molecular flexibility index (Phi) is 9.05. The SMILES string of the molecule is CC(C)(C)OC(=O)N(Cc1ccccc1)[C@H](C(=O)O)[C@H](CC(=O)O)O[Si](C)(C)C(C)(C)C. The number of amides is 1. The number of benzene rings is 1. The number of carbonyl (C=O) groups excluding carboxylic acids is 1. The van der Waals surface area contributed by atoms with Crippen molar-refractivity contribution >= 4 is 26.3 Å². The molecule has 1 aromatic carbocycles. The number of ether oxygens (including phenoxy) is 1. The van der Waals surface area contributed by atoms with Crippen LogP contribution in [-0.2, 0) is 25.3 Å². The molecule has 0 aliphatic carbocycles. The van der Waals surface area contributed by atoms with Crippen molar-refractivity contribution in [1.29, 1.82) is 0 Å². The van der Waals surface area contributed by atoms with Gasteiger partial charge in [-0.1, -0.05) is 51.1 Å². The van der Waals surface area contributed by atoms with Gasteiger partial charge in [-0.2, -0.15) is 0 Å². The second-order valence-corrected chi connectivity index (χ2v) is 15.1. The van der Waals surface area contributed by atoms with Crippen LogP contribution in [0.2, 0.25) is 18.1 Å². The van der Waals surface area contributed by atoms with E-state index in [9.17, 15) is 24.6 Å². The van der Waals surface area contributed by atoms with Crippen molar-refractivity contribution in [1.82, 2.24) is 4.90 Å². The number of carbonyl (C=O) groups is 3. The van der Waals surface area contributed by atoms with E-state index in [-0.39, 0.29) is 11.6 Å². The maximum Gasteiger partial charge on any atom is 0.411 e. The fourth-order valence-corrected chi connectivity index (χ4v) is 4.14. The topological polar surface area (TPSA) is 113 Å². The highest BCUT2D eigenvalue weighted by atomic mass is 28.4. The molecule has 0 unspecified atom stereocenters. The highest BCUT2D eigenvalue weighted by Gasteiger charge is 2.46. The minimum absolute atomic E-state index is 0.0658. The molecule has 1 rings (SSSR count). The third-order valence-electron chi connectivity index (χ3n) is 5.39. The van der Waals surface area contributed by atoms with Gasteiger partial charge in [0.15, 0.2) is 14.4 Å². The number of hydrogen-bond acceptors (Lipinski definition) is 5. The molecule has 0 fully saturated rings. The average Bonchev–Trinajstić information content (AvgIpc) is 2.58. The van der Waals surface area contributed by atoms with Crippen molar-refractivity contribution in [3.63, 3.8) is 0 Å². The highest BCUT2D eigenvalue weighted by molar-refractivity contribution is 6.74. The molecule has 8 nitrogen and oxygen atoms in total. The summed E-state index contributed by atoms with van der Waals surface area (Å²) in [5.41, 5.74) is -0.177. The van der Waals surface area contributed by atoms with Crippen molar-refractivity contribution in [2.75, 3.05) is 0 Å². The van der Waals surface area contributed by atoms with E-state index in [1.54, 1.807) is 45.0 Å². The smallest absolute Gasteiger partial charge is 0.411 e. The summed E-state index contributed by atoms with van der Waals surface area (Å²) in [6, 6.07) is 7.34. The van der Waals surface area contributed by atoms with E-state index in [0.717, 1.165) is 4.90 Å². The molecule has 0 bridgehead atoms. The molecule has 0 aromatic heterocycles. The molecule has 0 aliphatic heterocycles. The van der Waals surface area contributed by atoms with Gasteiger partial charge in [-0.05, 0) is 44.5 Å². The predicted molar refractivity (Wildman–Crippen MR) is 124 cm³/mol. The Labute approximate surface area is 191 Å². The van der Waals surface area contributed by atoms with Crippen molar-refractivity contribution in [3.8, 4) is 0 Å². The van der Waals surface area contributed by atoms with E-state index >= 15 is 0 Å². The largest absolute Gasteiger partial charge is 0.481 e. The first-order valence-electron chi connectivity index (χ1n) is 10.6. The molecule has 0 heterocycles. The molecule has 1 amide bonds. The van der Waals surface area contributed by atoms with Crippen LogP contribution in [0.5, 0.6) is 0 Å². The summed E-state index contributed by atoms with van der Waals surface area (Å²) in [5, 5.41) is 19.4. The van der Waals surface area contributed by atoms with Crippen molar-refractivity contribution in [2.24, 2.45) is 0 Å². The van der Waals surface area contributed by atoms with Crippen LogP contribution in [0.1, 0.15) is 53.5 Å². The predicted octanol–water partition coefficient (Wildman–Crippen LogP) is 4.74. The van der Waals surface area contributed by atoms with Gasteiger partial charge in [0, 0.05) is 0 Å². The monoisotopic (exact) mass is 467 g/mol. The number of nitrogens with zero attached hydrogens (tertiary/aromatic N) is 1. The Hall–Kier alpha value is -2.39. The van der Waals surface area contributed by atoms with Crippen LogP contribution in [0.15, 0.2) is 30.3 Å². The molecule has 0 spiro atoms. The van der Waals surface area contributed by atoms with Crippen LogP contribution in [0.25, 0.3) is 0 Å². The zero-order chi connectivity index (χ0) is 24.9. The van der Waals surface area contributed by atoms with Crippen LogP contribution >= 0.6 is 0 Å². The van der Waals surface area contributed by atoms with Crippen LogP contribution < -0.4 is 0 Å². The van der Waals surface area contributed by atoms with E-state index in [4.69, 9.17) is 9.16 Å². The third kappa shape index (κ3) is 8.27. The van der Waals surface area contributed by atoms with Crippen molar-refractivity contribution < 1.29 is 33.8 Å². The van der Waals surface area contributed by atoms with E-state index in [0.29, 0.717) is 5.56 Å². The van der Waals surface area contributed by atoms with Gasteiger partial charge in [-0.25, -0.2) is 9.59 Å². The summed E-state index contributed by atoms with van der Waals surface area (Å²) < 4.78 is 11.8. The van der Waals surface area contributed by atoms with Gasteiger partial charge in [0.2, 0.25) is 0 Å². The lowest BCUT2D eigenvalue weighted by Crippen LogP contribution is -2.57. The lowest BCUT2D eigenvalue weighted by Gasteiger charge is -2.42. The second-order valence-electron chi connectivity index (χ2n) is 10.4. The lowest BCUT2D eigenvalue weighted by molar-refractivity contribution is -0.150. The van der Waals surface area contributed by atoms with Gasteiger partial charge in [0.1, 0.15) is 5.60 Å². The highest BCUT2D eigenvalue weighted by Crippen LogP contribution is 2.38. The molecule has 1 aromatic rings. The molecule has 0 aliphatic rings. The first kappa shape index (κ1) is 27.6. The van der Waals surface area contributed by atoms with Gasteiger partial charge in [0.25, 0.3) is 0 Å². The second kappa shape index (κ2) is 10.5. The normalized spacial score (nSPS) is 14.4. The summed E-state index contributed by atoms with van der Waals surface area (Å²) in [6.07, 6.45) is -2.65. The van der Waals surface area contributed by atoms with E-state index in [1.165, 1.54) is 0 Å². The zero-order valence-corrected chi connectivity index (χ0v) is 21.3. The number of carboxylic acid groups (broad SMARTS) is 2. The maximum atomic E-state index is 13.1. The molecular weight excluding hydrogens is 430 g/mol. The first-order chi connectivity index (χ1) is 14.4. The van der Waals surface area contributed by atoms with Crippen molar-refractivity contribution in [3.05, 3.63) is 35.9 Å². The standard InChI is InChI=1S/C23H37NO7Si/c1-22(2,3)30-21(29)24(15-16-12-10-9-11-13-16)19(20(27)28)17(14-18(25)26)31-32(7,8)23(4,5)6/h9-13,17,19H,14-15H2,1-8H3,(H,25,26)(H,27,28)/t17-,19-/m0/s1. The summed E-state index contributed by atoms with van der Waals surface area (Å²) in [5.74, 6) is -2.56. The minimum Gasteiger partial charge on any atom is -0.481 e. The Balaban J connectivity index is 3.50. The molecular formula is C23H37NO7Si. The third-order valence-corrected chi connectivity index (χ3v) is 9.90. The number of rotatable bonds is 9. The van der Waals surface area contributed by atoms with Gasteiger partial charge in [-0.15, -0.1) is 0 Å². The molecule has 2 atom stereocenters. The Morgan fingerprint density at radius 3 is 1.94 bits per heavy atom. The van der Waals surface area contributed by atoms with Gasteiger partial charge in [-0.3, -0.25) is 9.69 Å². The number of carboxylic acids is 2. The maximum absolute atomic E-state index is 13.1. The summed E-state index contributed by atoms with van der Waals surface area (Å²) in [4.78, 5) is 38.3. The first-order valence-corrected chi connectivity index (χ1v) is 13.5. The van der Waals surface area contributed by atoms with Crippen LogP contribution in [0.3, 0.4) is 0 Å². The fourth-order valence-electron chi connectivity index (χ4n) is 2.82. The molecule has 180 valence electrons. The van der Waals surface area contributed by atoms with Crippen molar-refractivity contribution in [2.45, 2.75) is 90.4 Å². The van der Waals surface area contributed by atoms with E-state index in [2.05, 4.69) is 0 Å². The van der Waals surface area contributed by atoms with Crippen LogP contribution in [-0.4, -0.2) is 59.2 Å². The quantitative estimate of drug-likeness (QED) is 0.504. The van der Waals surface area contributed by atoms with E-state index < -0.39 is 50.5 Å². The van der Waals surface area contributed by atoms with Gasteiger partial charge in [0.05, 0.1) is 19.1 Å². The fraction of sp³-hybridized carbons (Fsp3) is 0.609. The molecule has 32 heavy (non-hydrogen) atoms. The zero-order valence-electron chi connectivity index (χ0n) is 20.3. The Bertz CT molecular complexity index is 797. The Morgan fingerprint density at radius 1 is 1.00 bits per heavy atom. The minimum atomic E-state index is -2.57. The molecule has 0 saturated carbocycles. The number of hydrogen-bond donors (Lipinski definition) is 2. The average molecular weight is 468 g/mol. The van der Waals surface area contributed by atoms with Gasteiger partial charge < -0.3 is 19.4 Å². The summed E-state index contributed by atoms with van der Waals surface area (Å²) in [7, 11) is -2.57. The van der Waals surface area contributed by atoms with Crippen LogP contribution in [0, 0.1) is 0 Å². The molecule has 9 heteroatoms. The lowest BCUT2D eigenvalue weighted by atomic mass is 10.1. The van der Waals surface area contributed by atoms with Crippen LogP contribution in [0.4, 0.5) is 4.79 Å².